The average Bonchev–Trinajstić information content (AvgIpc) is 3.25. The number of benzene rings is 2. The van der Waals surface area contributed by atoms with Gasteiger partial charge in [-0.3, -0.25) is 4.79 Å². The monoisotopic (exact) mass is 539 g/mol. The van der Waals surface area contributed by atoms with Crippen LogP contribution in [0.15, 0.2) is 48.5 Å². The molecule has 1 atom stereocenters. The number of nitrogens with zero attached hydrogens (tertiary/aromatic N) is 3. The number of amides is 2. The fourth-order valence-corrected chi connectivity index (χ4v) is 5.23. The van der Waals surface area contributed by atoms with Crippen LogP contribution in [-0.4, -0.2) is 78.2 Å². The lowest BCUT2D eigenvalue weighted by Gasteiger charge is -2.39. The fraction of sp³-hybridized carbons (Fsp3) is 0.548. The van der Waals surface area contributed by atoms with Gasteiger partial charge in [0.2, 0.25) is 5.91 Å². The van der Waals surface area contributed by atoms with E-state index in [1.165, 1.54) is 12.1 Å². The van der Waals surface area contributed by atoms with Crippen molar-refractivity contribution in [2.45, 2.75) is 65.1 Å². The van der Waals surface area contributed by atoms with Gasteiger partial charge in [-0.2, -0.15) is 0 Å². The number of cyclic esters (lactones) is 1. The summed E-state index contributed by atoms with van der Waals surface area (Å²) >= 11 is 0. The molecule has 2 heterocycles. The Balaban J connectivity index is 1.33. The van der Waals surface area contributed by atoms with E-state index in [1.807, 2.05) is 36.1 Å². The number of hydrogen-bond acceptors (Lipinski definition) is 5. The van der Waals surface area contributed by atoms with Crippen molar-refractivity contribution in [2.24, 2.45) is 5.92 Å². The minimum absolute atomic E-state index is 0.0788. The summed E-state index contributed by atoms with van der Waals surface area (Å²) in [7, 11) is 0. The topological polar surface area (TPSA) is 62.3 Å². The van der Waals surface area contributed by atoms with Crippen LogP contribution in [0, 0.1) is 11.7 Å². The van der Waals surface area contributed by atoms with Gasteiger partial charge in [-0.05, 0) is 74.0 Å². The zero-order valence-corrected chi connectivity index (χ0v) is 23.5. The van der Waals surface area contributed by atoms with E-state index in [4.69, 9.17) is 9.47 Å². The second kappa shape index (κ2) is 13.8. The largest absolute Gasteiger partial charge is 0.493 e. The summed E-state index contributed by atoms with van der Waals surface area (Å²) in [6.45, 7) is 11.3. The van der Waals surface area contributed by atoms with Crippen molar-refractivity contribution < 1.29 is 23.5 Å². The molecule has 0 spiro atoms. The first-order chi connectivity index (χ1) is 18.8. The van der Waals surface area contributed by atoms with Crippen molar-refractivity contribution in [3.05, 3.63) is 65.5 Å². The van der Waals surface area contributed by atoms with Crippen molar-refractivity contribution in [1.29, 1.82) is 0 Å². The highest BCUT2D eigenvalue weighted by atomic mass is 19.1. The van der Waals surface area contributed by atoms with Crippen LogP contribution in [0.2, 0.25) is 0 Å². The van der Waals surface area contributed by atoms with Gasteiger partial charge in [0, 0.05) is 32.2 Å². The Morgan fingerprint density at radius 2 is 1.72 bits per heavy atom. The van der Waals surface area contributed by atoms with Crippen LogP contribution >= 0.6 is 0 Å². The SMILES string of the molecule is CC(C)COc1ccc(CC(=O)N(Cc2ccc(F)cc2)C2CCN(CCCN3C(=O)OC[C@@H]3C)CC2)cc1. The molecule has 212 valence electrons. The van der Waals surface area contributed by atoms with Gasteiger partial charge < -0.3 is 24.2 Å². The summed E-state index contributed by atoms with van der Waals surface area (Å²) in [5.41, 5.74) is 1.88. The molecule has 7 nitrogen and oxygen atoms in total. The van der Waals surface area contributed by atoms with Crippen molar-refractivity contribution in [3.63, 3.8) is 0 Å². The molecule has 0 aliphatic carbocycles. The van der Waals surface area contributed by atoms with Crippen LogP contribution < -0.4 is 4.74 Å². The molecule has 2 fully saturated rings. The molecule has 0 unspecified atom stereocenters. The summed E-state index contributed by atoms with van der Waals surface area (Å²) < 4.78 is 24.4. The quantitative estimate of drug-likeness (QED) is 0.374. The molecule has 0 saturated carbocycles. The first kappa shape index (κ1) is 28.9. The second-order valence-corrected chi connectivity index (χ2v) is 11.2. The van der Waals surface area contributed by atoms with Gasteiger partial charge in [0.1, 0.15) is 18.2 Å². The molecular weight excluding hydrogens is 497 g/mol. The third-order valence-electron chi connectivity index (χ3n) is 7.53. The fourth-order valence-electron chi connectivity index (χ4n) is 5.23. The van der Waals surface area contributed by atoms with E-state index in [1.54, 1.807) is 17.0 Å². The van der Waals surface area contributed by atoms with Crippen LogP contribution in [0.3, 0.4) is 0 Å². The van der Waals surface area contributed by atoms with Crippen LogP contribution in [0.5, 0.6) is 5.75 Å². The number of ether oxygens (including phenoxy) is 2. The Bertz CT molecular complexity index is 1070. The summed E-state index contributed by atoms with van der Waals surface area (Å²) in [5.74, 6) is 1.06. The van der Waals surface area contributed by atoms with E-state index < -0.39 is 0 Å². The zero-order valence-electron chi connectivity index (χ0n) is 23.5. The normalized spacial score (nSPS) is 18.4. The Hall–Kier alpha value is -3.13. The molecule has 2 amide bonds. The van der Waals surface area contributed by atoms with E-state index in [9.17, 15) is 14.0 Å². The standard InChI is InChI=1S/C31H42FN3O4/c1-23(2)21-38-29-11-7-25(8-12-29)19-30(36)35(20-26-5-9-27(32)10-6-26)28-13-17-33(18-14-28)15-4-16-34-24(3)22-39-31(34)37/h5-12,23-24,28H,4,13-22H2,1-3H3/t24-/m0/s1. The smallest absolute Gasteiger partial charge is 0.410 e. The lowest BCUT2D eigenvalue weighted by molar-refractivity contribution is -0.134. The molecule has 0 aromatic heterocycles. The Kier molecular flexibility index (Phi) is 10.2. The molecule has 2 aliphatic heterocycles. The Morgan fingerprint density at radius 1 is 1.05 bits per heavy atom. The molecule has 2 saturated heterocycles. The van der Waals surface area contributed by atoms with Gasteiger partial charge in [-0.25, -0.2) is 9.18 Å². The highest BCUT2D eigenvalue weighted by Gasteiger charge is 2.30. The summed E-state index contributed by atoms with van der Waals surface area (Å²) in [6, 6.07) is 14.5. The van der Waals surface area contributed by atoms with E-state index in [0.29, 0.717) is 38.6 Å². The number of likely N-dealkylation sites (tertiary alicyclic amines) is 1. The van der Waals surface area contributed by atoms with Crippen molar-refractivity contribution >= 4 is 12.0 Å². The van der Waals surface area contributed by atoms with Gasteiger partial charge in [0.05, 0.1) is 19.1 Å². The minimum atomic E-state index is -0.277. The zero-order chi connectivity index (χ0) is 27.8. The van der Waals surface area contributed by atoms with Gasteiger partial charge >= 0.3 is 6.09 Å². The predicted molar refractivity (Wildman–Crippen MR) is 149 cm³/mol. The summed E-state index contributed by atoms with van der Waals surface area (Å²) in [4.78, 5) is 31.6. The van der Waals surface area contributed by atoms with Crippen molar-refractivity contribution in [3.8, 4) is 5.75 Å². The van der Waals surface area contributed by atoms with E-state index in [2.05, 4.69) is 18.7 Å². The minimum Gasteiger partial charge on any atom is -0.493 e. The Morgan fingerprint density at radius 3 is 2.33 bits per heavy atom. The number of hydrogen-bond donors (Lipinski definition) is 0. The molecule has 0 radical (unpaired) electrons. The van der Waals surface area contributed by atoms with Crippen molar-refractivity contribution in [1.82, 2.24) is 14.7 Å². The maximum absolute atomic E-state index is 13.6. The molecule has 4 rings (SSSR count). The average molecular weight is 540 g/mol. The highest BCUT2D eigenvalue weighted by molar-refractivity contribution is 5.79. The molecule has 2 aromatic carbocycles. The third kappa shape index (κ3) is 8.43. The number of carbonyl (C=O) groups is 2. The van der Waals surface area contributed by atoms with E-state index >= 15 is 0 Å². The number of halogens is 1. The van der Waals surface area contributed by atoms with Crippen LogP contribution in [0.1, 0.15) is 51.2 Å². The lowest BCUT2D eigenvalue weighted by Crippen LogP contribution is -2.48. The highest BCUT2D eigenvalue weighted by Crippen LogP contribution is 2.22. The van der Waals surface area contributed by atoms with Gasteiger partial charge in [0.25, 0.3) is 0 Å². The van der Waals surface area contributed by atoms with Gasteiger partial charge in [-0.1, -0.05) is 38.1 Å². The number of rotatable bonds is 12. The van der Waals surface area contributed by atoms with Crippen LogP contribution in [-0.2, 0) is 22.5 Å². The van der Waals surface area contributed by atoms with E-state index in [-0.39, 0.29) is 29.9 Å². The molecule has 2 aliphatic rings. The van der Waals surface area contributed by atoms with E-state index in [0.717, 1.165) is 55.8 Å². The lowest BCUT2D eigenvalue weighted by atomic mass is 10.0. The molecule has 0 N–H and O–H groups in total. The maximum atomic E-state index is 13.6. The van der Waals surface area contributed by atoms with Gasteiger partial charge in [0.15, 0.2) is 0 Å². The van der Waals surface area contributed by atoms with Gasteiger partial charge in [-0.15, -0.1) is 0 Å². The van der Waals surface area contributed by atoms with Crippen LogP contribution in [0.4, 0.5) is 9.18 Å². The first-order valence-corrected chi connectivity index (χ1v) is 14.2. The first-order valence-electron chi connectivity index (χ1n) is 14.2. The molecule has 0 bridgehead atoms. The third-order valence-corrected chi connectivity index (χ3v) is 7.53. The summed E-state index contributed by atoms with van der Waals surface area (Å²) in [6.07, 6.45) is 2.78. The number of carbonyl (C=O) groups excluding carboxylic acids is 2. The van der Waals surface area contributed by atoms with Crippen molar-refractivity contribution in [2.75, 3.05) is 39.4 Å². The molecular formula is C31H42FN3O4. The second-order valence-electron chi connectivity index (χ2n) is 11.2. The molecule has 2 aromatic rings. The summed E-state index contributed by atoms with van der Waals surface area (Å²) in [5, 5.41) is 0. The van der Waals surface area contributed by atoms with Crippen LogP contribution in [0.25, 0.3) is 0 Å². The maximum Gasteiger partial charge on any atom is 0.410 e. The predicted octanol–water partition coefficient (Wildman–Crippen LogP) is 5.13. The number of piperidine rings is 1. The molecule has 39 heavy (non-hydrogen) atoms. The Labute approximate surface area is 231 Å². The molecule has 8 heteroatoms.